The van der Waals surface area contributed by atoms with Crippen molar-refractivity contribution < 1.29 is 0 Å². The van der Waals surface area contributed by atoms with Gasteiger partial charge in [0, 0.05) is 0 Å². The molecule has 1 fully saturated rings. The Morgan fingerprint density at radius 3 is 1.68 bits per heavy atom. The first-order valence-corrected chi connectivity index (χ1v) is 9.39. The summed E-state index contributed by atoms with van der Waals surface area (Å²) in [7, 11) is 0. The monoisotopic (exact) mass is 328 g/mol. The summed E-state index contributed by atoms with van der Waals surface area (Å²) < 4.78 is 0. The molecule has 3 aromatic rings. The zero-order valence-electron chi connectivity index (χ0n) is 15.7. The molecule has 0 atom stereocenters. The summed E-state index contributed by atoms with van der Waals surface area (Å²) >= 11 is 0. The Kier molecular flexibility index (Phi) is 5.71. The van der Waals surface area contributed by atoms with Crippen molar-refractivity contribution in [2.75, 3.05) is 0 Å². The van der Waals surface area contributed by atoms with Gasteiger partial charge in [-0.1, -0.05) is 98.0 Å². The van der Waals surface area contributed by atoms with E-state index in [4.69, 9.17) is 0 Å². The van der Waals surface area contributed by atoms with Gasteiger partial charge in [0.05, 0.1) is 0 Å². The predicted molar refractivity (Wildman–Crippen MR) is 110 cm³/mol. The van der Waals surface area contributed by atoms with Crippen LogP contribution in [0.2, 0.25) is 0 Å². The largest absolute Gasteiger partial charge is 0.0620 e. The fraction of sp³-hybridized carbons (Fsp3) is 0.280. The minimum Gasteiger partial charge on any atom is -0.0620 e. The van der Waals surface area contributed by atoms with Crippen LogP contribution >= 0.6 is 0 Å². The standard InChI is InChI=1S/C21H20.C4H8/c1-15-11-13-18(14-12-15)20-9-6-10-21(17(20)3)19-8-5-4-7-16(19)2;1-2-4-3-1/h4-14H,1-3H3;1-4H2. The smallest absolute Gasteiger partial charge is 0.0146 e. The average Bonchev–Trinajstić information content (AvgIpc) is 2.55. The second-order valence-corrected chi connectivity index (χ2v) is 7.07. The van der Waals surface area contributed by atoms with Crippen molar-refractivity contribution >= 4 is 0 Å². The lowest BCUT2D eigenvalue weighted by molar-refractivity contribution is 0.504. The molecule has 128 valence electrons. The zero-order chi connectivity index (χ0) is 17.6. The van der Waals surface area contributed by atoms with E-state index in [0.29, 0.717) is 0 Å². The number of hydrogen-bond donors (Lipinski definition) is 0. The average molecular weight is 328 g/mol. The van der Waals surface area contributed by atoms with E-state index in [-0.39, 0.29) is 0 Å². The molecular weight excluding hydrogens is 300 g/mol. The highest BCUT2D eigenvalue weighted by Crippen LogP contribution is 2.33. The summed E-state index contributed by atoms with van der Waals surface area (Å²) in [5, 5.41) is 0. The lowest BCUT2D eigenvalue weighted by Gasteiger charge is -2.14. The normalized spacial score (nSPS) is 12.8. The summed E-state index contributed by atoms with van der Waals surface area (Å²) in [5.74, 6) is 0. The van der Waals surface area contributed by atoms with Gasteiger partial charge in [-0.05, 0) is 54.2 Å². The number of aryl methyl sites for hydroxylation is 2. The predicted octanol–water partition coefficient (Wildman–Crippen LogP) is 7.51. The van der Waals surface area contributed by atoms with E-state index >= 15 is 0 Å². The van der Waals surface area contributed by atoms with E-state index < -0.39 is 0 Å². The summed E-state index contributed by atoms with van der Waals surface area (Å²) in [6, 6.07) is 23.9. The first-order chi connectivity index (χ1) is 12.2. The molecule has 0 radical (unpaired) electrons. The topological polar surface area (TPSA) is 0 Å². The molecule has 0 unspecified atom stereocenters. The van der Waals surface area contributed by atoms with E-state index in [1.54, 1.807) is 0 Å². The first kappa shape index (κ1) is 17.5. The second kappa shape index (κ2) is 8.16. The van der Waals surface area contributed by atoms with Crippen molar-refractivity contribution in [1.82, 2.24) is 0 Å². The molecule has 0 saturated heterocycles. The van der Waals surface area contributed by atoms with E-state index in [9.17, 15) is 0 Å². The van der Waals surface area contributed by atoms with Gasteiger partial charge in [-0.15, -0.1) is 0 Å². The van der Waals surface area contributed by atoms with Crippen molar-refractivity contribution in [1.29, 1.82) is 0 Å². The molecule has 0 N–H and O–H groups in total. The maximum atomic E-state index is 2.22. The minimum absolute atomic E-state index is 1.29. The van der Waals surface area contributed by atoms with Crippen LogP contribution in [0.4, 0.5) is 0 Å². The second-order valence-electron chi connectivity index (χ2n) is 7.07. The van der Waals surface area contributed by atoms with Crippen molar-refractivity contribution in [3.05, 3.63) is 83.4 Å². The summed E-state index contributed by atoms with van der Waals surface area (Å²) in [6.07, 6.45) is 6.00. The molecule has 0 bridgehead atoms. The van der Waals surface area contributed by atoms with Crippen LogP contribution in [0.25, 0.3) is 22.3 Å². The Balaban J connectivity index is 0.000000401. The third kappa shape index (κ3) is 4.20. The van der Waals surface area contributed by atoms with Crippen molar-refractivity contribution in [2.45, 2.75) is 46.5 Å². The number of rotatable bonds is 2. The van der Waals surface area contributed by atoms with Crippen molar-refractivity contribution in [3.8, 4) is 22.3 Å². The lowest BCUT2D eigenvalue weighted by Crippen LogP contribution is -1.90. The molecule has 3 aromatic carbocycles. The molecule has 1 aliphatic carbocycles. The van der Waals surface area contributed by atoms with E-state index in [1.165, 1.54) is 64.6 Å². The van der Waals surface area contributed by atoms with E-state index in [2.05, 4.69) is 87.5 Å². The highest BCUT2D eigenvalue weighted by Gasteiger charge is 2.09. The van der Waals surface area contributed by atoms with Gasteiger partial charge >= 0.3 is 0 Å². The van der Waals surface area contributed by atoms with Crippen LogP contribution in [0.15, 0.2) is 66.7 Å². The molecule has 0 heteroatoms. The van der Waals surface area contributed by atoms with Crippen LogP contribution < -0.4 is 0 Å². The highest BCUT2D eigenvalue weighted by molar-refractivity contribution is 5.79. The van der Waals surface area contributed by atoms with Crippen LogP contribution in [0.3, 0.4) is 0 Å². The maximum absolute atomic E-state index is 2.22. The maximum Gasteiger partial charge on any atom is -0.0146 e. The molecule has 25 heavy (non-hydrogen) atoms. The van der Waals surface area contributed by atoms with Crippen LogP contribution in [0.5, 0.6) is 0 Å². The Morgan fingerprint density at radius 1 is 0.520 bits per heavy atom. The van der Waals surface area contributed by atoms with Gasteiger partial charge in [-0.2, -0.15) is 0 Å². The Hall–Kier alpha value is -2.34. The highest BCUT2D eigenvalue weighted by atomic mass is 14.1. The molecule has 0 nitrogen and oxygen atoms in total. The van der Waals surface area contributed by atoms with Gasteiger partial charge in [0.1, 0.15) is 0 Å². The van der Waals surface area contributed by atoms with Gasteiger partial charge in [-0.3, -0.25) is 0 Å². The van der Waals surface area contributed by atoms with E-state index in [0.717, 1.165) is 0 Å². The number of benzene rings is 3. The molecular formula is C25H28. The van der Waals surface area contributed by atoms with Gasteiger partial charge in [-0.25, -0.2) is 0 Å². The fourth-order valence-electron chi connectivity index (χ4n) is 3.10. The Morgan fingerprint density at radius 2 is 1.08 bits per heavy atom. The van der Waals surface area contributed by atoms with Crippen LogP contribution in [0, 0.1) is 20.8 Å². The third-order valence-electron chi connectivity index (χ3n) is 5.13. The van der Waals surface area contributed by atoms with Crippen molar-refractivity contribution in [2.24, 2.45) is 0 Å². The lowest BCUT2D eigenvalue weighted by atomic mass is 9.91. The first-order valence-electron chi connectivity index (χ1n) is 9.39. The SMILES string of the molecule is C1CCC1.Cc1ccc(-c2cccc(-c3ccccc3C)c2C)cc1. The van der Waals surface area contributed by atoms with Crippen LogP contribution in [-0.2, 0) is 0 Å². The molecule has 4 rings (SSSR count). The van der Waals surface area contributed by atoms with Crippen molar-refractivity contribution in [3.63, 3.8) is 0 Å². The summed E-state index contributed by atoms with van der Waals surface area (Å²) in [4.78, 5) is 0. The molecule has 0 heterocycles. The summed E-state index contributed by atoms with van der Waals surface area (Å²) in [5.41, 5.74) is 9.21. The van der Waals surface area contributed by atoms with Gasteiger partial charge in [0.2, 0.25) is 0 Å². The molecule has 0 spiro atoms. The summed E-state index contributed by atoms with van der Waals surface area (Å²) in [6.45, 7) is 6.52. The van der Waals surface area contributed by atoms with Gasteiger partial charge in [0.25, 0.3) is 0 Å². The molecule has 0 amide bonds. The quantitative estimate of drug-likeness (QED) is 0.456. The zero-order valence-corrected chi connectivity index (χ0v) is 15.7. The number of hydrogen-bond acceptors (Lipinski definition) is 0. The third-order valence-corrected chi connectivity index (χ3v) is 5.13. The van der Waals surface area contributed by atoms with Crippen LogP contribution in [0.1, 0.15) is 42.4 Å². The van der Waals surface area contributed by atoms with Crippen LogP contribution in [-0.4, -0.2) is 0 Å². The fourth-order valence-corrected chi connectivity index (χ4v) is 3.10. The minimum atomic E-state index is 1.29. The van der Waals surface area contributed by atoms with E-state index in [1.807, 2.05) is 0 Å². The molecule has 1 saturated carbocycles. The molecule has 1 aliphatic rings. The van der Waals surface area contributed by atoms with Gasteiger partial charge in [0.15, 0.2) is 0 Å². The molecule has 0 aliphatic heterocycles. The van der Waals surface area contributed by atoms with Gasteiger partial charge < -0.3 is 0 Å². The Bertz CT molecular complexity index is 817. The Labute approximate surface area is 152 Å². The molecule has 0 aromatic heterocycles.